The first-order valence-electron chi connectivity index (χ1n) is 8.70. The Labute approximate surface area is 179 Å². The molecule has 0 heterocycles. The zero-order chi connectivity index (χ0) is 24.1. The van der Waals surface area contributed by atoms with E-state index in [1.807, 2.05) is 0 Å². The van der Waals surface area contributed by atoms with Crippen molar-refractivity contribution >= 4 is 21.2 Å². The molecule has 3 rings (SSSR count). The number of hydrogen-bond donors (Lipinski definition) is 1. The third kappa shape index (κ3) is 4.58. The summed E-state index contributed by atoms with van der Waals surface area (Å²) in [6, 6.07) is 3.64. The smallest absolute Gasteiger partial charge is 0.511 e. The van der Waals surface area contributed by atoms with Gasteiger partial charge >= 0.3 is 21.7 Å². The van der Waals surface area contributed by atoms with Gasteiger partial charge in [0.05, 0.1) is 5.56 Å². The summed E-state index contributed by atoms with van der Waals surface area (Å²) in [5.41, 5.74) is -7.17. The molecular formula is C18H13F8NO3S2. The van der Waals surface area contributed by atoms with Crippen LogP contribution < -0.4 is 4.72 Å². The Morgan fingerprint density at radius 1 is 0.969 bits per heavy atom. The van der Waals surface area contributed by atoms with E-state index in [4.69, 9.17) is 0 Å². The average molecular weight is 507 g/mol. The van der Waals surface area contributed by atoms with Crippen LogP contribution in [0.4, 0.5) is 35.1 Å². The second-order valence-corrected chi connectivity index (χ2v) is 10.6. The Morgan fingerprint density at radius 2 is 1.53 bits per heavy atom. The maximum absolute atomic E-state index is 14.5. The number of halogens is 8. The van der Waals surface area contributed by atoms with Gasteiger partial charge in [0, 0.05) is 24.4 Å². The summed E-state index contributed by atoms with van der Waals surface area (Å²) in [5.74, 6) is -2.01. The quantitative estimate of drug-likeness (QED) is 0.476. The molecule has 176 valence electrons. The molecule has 1 atom stereocenters. The van der Waals surface area contributed by atoms with Gasteiger partial charge in [0.15, 0.2) is 9.64 Å². The van der Waals surface area contributed by atoms with Gasteiger partial charge in [-0.25, -0.2) is 21.9 Å². The van der Waals surface area contributed by atoms with Crippen molar-refractivity contribution in [1.82, 2.24) is 4.72 Å². The van der Waals surface area contributed by atoms with Crippen molar-refractivity contribution in [2.45, 2.75) is 40.2 Å². The molecular weight excluding hydrogens is 494 g/mol. The molecule has 1 saturated carbocycles. The van der Waals surface area contributed by atoms with Crippen LogP contribution in [0.25, 0.3) is 0 Å². The minimum absolute atomic E-state index is 0.223. The molecule has 1 N–H and O–H groups in total. The molecule has 0 aromatic heterocycles. The zero-order valence-corrected chi connectivity index (χ0v) is 17.2. The molecule has 1 aliphatic carbocycles. The monoisotopic (exact) mass is 507 g/mol. The van der Waals surface area contributed by atoms with Crippen molar-refractivity contribution in [3.05, 3.63) is 65.2 Å². The lowest BCUT2D eigenvalue weighted by molar-refractivity contribution is -0.137. The van der Waals surface area contributed by atoms with Gasteiger partial charge in [-0.1, -0.05) is 0 Å². The summed E-state index contributed by atoms with van der Waals surface area (Å²) >= 11 is -2.36. The first-order chi connectivity index (χ1) is 14.6. The van der Waals surface area contributed by atoms with Crippen molar-refractivity contribution in [2.24, 2.45) is 0 Å². The molecule has 14 heteroatoms. The van der Waals surface area contributed by atoms with E-state index in [0.717, 1.165) is 18.2 Å². The fourth-order valence-corrected chi connectivity index (χ4v) is 6.05. The summed E-state index contributed by atoms with van der Waals surface area (Å²) < 4.78 is 140. The van der Waals surface area contributed by atoms with Gasteiger partial charge < -0.3 is 4.55 Å². The van der Waals surface area contributed by atoms with E-state index < -0.39 is 79.3 Å². The first kappa shape index (κ1) is 24.7. The highest BCUT2D eigenvalue weighted by atomic mass is 32.2. The molecule has 2 aromatic rings. The largest absolute Gasteiger partial charge is 0.611 e. The predicted octanol–water partition coefficient (Wildman–Crippen LogP) is 4.59. The maximum Gasteiger partial charge on any atom is 0.511 e. The van der Waals surface area contributed by atoms with Crippen LogP contribution in [0.3, 0.4) is 0 Å². The first-order valence-corrected chi connectivity index (χ1v) is 11.3. The van der Waals surface area contributed by atoms with Crippen molar-refractivity contribution in [2.75, 3.05) is 0 Å². The van der Waals surface area contributed by atoms with Gasteiger partial charge in [-0.15, -0.1) is 0 Å². The Balaban J connectivity index is 1.97. The van der Waals surface area contributed by atoms with Gasteiger partial charge in [-0.05, 0) is 53.6 Å². The van der Waals surface area contributed by atoms with Gasteiger partial charge in [-0.2, -0.15) is 26.3 Å². The van der Waals surface area contributed by atoms with Crippen LogP contribution in [-0.2, 0) is 32.1 Å². The van der Waals surface area contributed by atoms with Crippen LogP contribution >= 0.6 is 0 Å². The molecule has 32 heavy (non-hydrogen) atoms. The molecule has 0 aliphatic heterocycles. The fourth-order valence-electron chi connectivity index (χ4n) is 3.42. The van der Waals surface area contributed by atoms with Crippen molar-refractivity contribution in [1.29, 1.82) is 0 Å². The van der Waals surface area contributed by atoms with E-state index >= 15 is 0 Å². The molecule has 0 amide bonds. The van der Waals surface area contributed by atoms with Crippen LogP contribution in [0, 0.1) is 11.6 Å². The van der Waals surface area contributed by atoms with Crippen molar-refractivity contribution < 1.29 is 48.1 Å². The molecule has 1 unspecified atom stereocenters. The van der Waals surface area contributed by atoms with Crippen LogP contribution in [0.2, 0.25) is 0 Å². The van der Waals surface area contributed by atoms with Crippen LogP contribution in [0.15, 0.2) is 47.4 Å². The molecule has 0 radical (unpaired) electrons. The van der Waals surface area contributed by atoms with Gasteiger partial charge in [0.1, 0.15) is 11.6 Å². The van der Waals surface area contributed by atoms with Crippen molar-refractivity contribution in [3.63, 3.8) is 0 Å². The average Bonchev–Trinajstić information content (AvgIpc) is 2.64. The summed E-state index contributed by atoms with van der Waals surface area (Å²) in [7, 11) is -5.76. The topological polar surface area (TPSA) is 69.2 Å². The minimum Gasteiger partial charge on any atom is -0.611 e. The van der Waals surface area contributed by atoms with Crippen molar-refractivity contribution in [3.8, 4) is 0 Å². The van der Waals surface area contributed by atoms with E-state index in [0.29, 0.717) is 24.3 Å². The van der Waals surface area contributed by atoms with Gasteiger partial charge in [-0.3, -0.25) is 0 Å². The zero-order valence-electron chi connectivity index (χ0n) is 15.6. The summed E-state index contributed by atoms with van der Waals surface area (Å²) in [6.45, 7) is 0. The van der Waals surface area contributed by atoms with E-state index in [2.05, 4.69) is 0 Å². The van der Waals surface area contributed by atoms with Gasteiger partial charge in [0.25, 0.3) is 0 Å². The number of sulfonamides is 1. The molecule has 0 bridgehead atoms. The number of hydrogen-bond acceptors (Lipinski definition) is 3. The summed E-state index contributed by atoms with van der Waals surface area (Å²) in [5, 5.41) is 0. The maximum atomic E-state index is 14.5. The number of alkyl halides is 6. The van der Waals surface area contributed by atoms with Crippen LogP contribution in [0.5, 0.6) is 0 Å². The molecule has 1 aliphatic rings. The number of rotatable bonds is 5. The summed E-state index contributed by atoms with van der Waals surface area (Å²) in [4.78, 5) is -0.223. The lowest BCUT2D eigenvalue weighted by atomic mass is 9.75. The van der Waals surface area contributed by atoms with Gasteiger partial charge in [0.2, 0.25) is 0 Å². The Hall–Kier alpha value is -1.90. The SMILES string of the molecule is O=S(=O)(NC1CC(c2cc(F)ccc2F)([S+]([O-])c2ccc(C(F)(F)F)cc2)C1)C(F)(F)F. The highest BCUT2D eigenvalue weighted by Crippen LogP contribution is 2.52. The Bertz CT molecular complexity index is 1090. The lowest BCUT2D eigenvalue weighted by Crippen LogP contribution is -2.58. The fraction of sp³-hybridized carbons (Fsp3) is 0.333. The molecule has 4 nitrogen and oxygen atoms in total. The van der Waals surface area contributed by atoms with Crippen LogP contribution in [-0.4, -0.2) is 24.5 Å². The predicted molar refractivity (Wildman–Crippen MR) is 97.0 cm³/mol. The minimum atomic E-state index is -5.76. The van der Waals surface area contributed by atoms with E-state index in [1.54, 1.807) is 0 Å². The molecule has 1 fully saturated rings. The molecule has 0 spiro atoms. The second-order valence-electron chi connectivity index (χ2n) is 7.08. The Morgan fingerprint density at radius 3 is 2.03 bits per heavy atom. The van der Waals surface area contributed by atoms with Crippen LogP contribution in [0.1, 0.15) is 24.0 Å². The van der Waals surface area contributed by atoms with E-state index in [1.165, 1.54) is 4.72 Å². The standard InChI is InChI=1S/C18H13F8NO3S2/c19-11-3-6-15(20)14(7-11)16(8-12(9-16)27-32(29,30)18(24,25)26)31(28)13-4-1-10(2-5-13)17(21,22)23/h1-7,12,27H,8-9H2. The molecule has 2 aromatic carbocycles. The normalized spacial score (nSPS) is 23.0. The number of benzene rings is 2. The lowest BCUT2D eigenvalue weighted by Gasteiger charge is -2.47. The summed E-state index contributed by atoms with van der Waals surface area (Å²) in [6.07, 6.45) is -5.92. The highest BCUT2D eigenvalue weighted by Gasteiger charge is 2.60. The second kappa shape index (κ2) is 8.15. The molecule has 0 saturated heterocycles. The third-order valence-corrected chi connectivity index (χ3v) is 8.17. The van der Waals surface area contributed by atoms with E-state index in [9.17, 15) is 48.1 Å². The third-order valence-electron chi connectivity index (χ3n) is 4.95. The Kier molecular flexibility index (Phi) is 6.30. The highest BCUT2D eigenvalue weighted by molar-refractivity contribution is 7.92. The number of nitrogens with one attached hydrogen (secondary N) is 1. The van der Waals surface area contributed by atoms with E-state index in [-0.39, 0.29) is 4.90 Å².